The highest BCUT2D eigenvalue weighted by Crippen LogP contribution is 2.39. The summed E-state index contributed by atoms with van der Waals surface area (Å²) in [6.07, 6.45) is 1.10. The van der Waals surface area contributed by atoms with Gasteiger partial charge < -0.3 is 0 Å². The van der Waals surface area contributed by atoms with Crippen LogP contribution in [-0.4, -0.2) is 24.1 Å². The Morgan fingerprint density at radius 2 is 1.71 bits per heavy atom. The van der Waals surface area contributed by atoms with Gasteiger partial charge >= 0.3 is 5.97 Å². The van der Waals surface area contributed by atoms with Crippen molar-refractivity contribution in [1.29, 1.82) is 0 Å². The Morgan fingerprint density at radius 3 is 2.29 bits per heavy atom. The highest BCUT2D eigenvalue weighted by molar-refractivity contribution is 6.06. The quantitative estimate of drug-likeness (QED) is 0.410. The average Bonchev–Trinajstić information content (AvgIpc) is 2.17. The van der Waals surface area contributed by atoms with E-state index in [4.69, 9.17) is 0 Å². The molecule has 5 heteroatoms. The molecule has 2 aliphatic rings. The van der Waals surface area contributed by atoms with E-state index in [1.165, 1.54) is 0 Å². The Morgan fingerprint density at radius 1 is 1.07 bits per heavy atom. The number of Topliss-reactive ketones (excluding diaryl/α,β-unsaturated/α-hetero) is 2. The summed E-state index contributed by atoms with van der Waals surface area (Å²) in [4.78, 5) is 42.7. The largest absolute Gasteiger partial charge is 0.355 e. The summed E-state index contributed by atoms with van der Waals surface area (Å²) in [6, 6.07) is 0. The molecule has 0 N–H and O–H groups in total. The molecular formula is C9H10O5. The normalized spacial score (nSPS) is 26.4. The fourth-order valence-electron chi connectivity index (χ4n) is 1.91. The molecule has 0 aromatic carbocycles. The maximum Gasteiger partial charge on any atom is 0.355 e. The molecule has 1 saturated heterocycles. The molecule has 1 aliphatic carbocycles. The zero-order chi connectivity index (χ0) is 10.2. The molecule has 14 heavy (non-hydrogen) atoms. The zero-order valence-electron chi connectivity index (χ0n) is 7.58. The van der Waals surface area contributed by atoms with Crippen molar-refractivity contribution in [2.75, 3.05) is 6.61 Å². The summed E-state index contributed by atoms with van der Waals surface area (Å²) >= 11 is 0. The number of hydrogen-bond acceptors (Lipinski definition) is 5. The van der Waals surface area contributed by atoms with Crippen molar-refractivity contribution in [2.45, 2.75) is 25.7 Å². The van der Waals surface area contributed by atoms with Gasteiger partial charge in [-0.15, -0.1) is 0 Å². The monoisotopic (exact) mass is 198 g/mol. The fourth-order valence-corrected chi connectivity index (χ4v) is 1.91. The predicted octanol–water partition coefficient (Wildman–Crippen LogP) is 0.173. The lowest BCUT2D eigenvalue weighted by molar-refractivity contribution is -0.291. The van der Waals surface area contributed by atoms with Gasteiger partial charge in [-0.2, -0.15) is 4.89 Å². The molecule has 0 aromatic heterocycles. The molecule has 0 aromatic rings. The second-order valence-corrected chi connectivity index (χ2v) is 3.68. The van der Waals surface area contributed by atoms with Crippen molar-refractivity contribution >= 4 is 17.5 Å². The number of rotatable bonds is 0. The standard InChI is InChI=1S/C9H10O5/c10-6-1-3-9(4-2-6)7(11)5-13-14-8(9)12/h1-5H2. The summed E-state index contributed by atoms with van der Waals surface area (Å²) in [5.41, 5.74) is -1.09. The third kappa shape index (κ3) is 1.24. The first-order valence-corrected chi connectivity index (χ1v) is 4.54. The molecule has 1 aliphatic heterocycles. The number of carbonyl (C=O) groups excluding carboxylic acids is 3. The molecule has 1 saturated carbocycles. The van der Waals surface area contributed by atoms with Crippen LogP contribution in [0.5, 0.6) is 0 Å². The molecule has 1 spiro atoms. The molecule has 2 fully saturated rings. The third-order valence-electron chi connectivity index (χ3n) is 2.91. The van der Waals surface area contributed by atoms with Gasteiger partial charge in [-0.3, -0.25) is 14.5 Å². The van der Waals surface area contributed by atoms with Gasteiger partial charge in [-0.1, -0.05) is 0 Å². The van der Waals surface area contributed by atoms with Gasteiger partial charge in [0.05, 0.1) is 0 Å². The van der Waals surface area contributed by atoms with Crippen LogP contribution >= 0.6 is 0 Å². The lowest BCUT2D eigenvalue weighted by Crippen LogP contribution is -2.49. The fraction of sp³-hybridized carbons (Fsp3) is 0.667. The Kier molecular flexibility index (Phi) is 2.11. The number of hydrogen-bond donors (Lipinski definition) is 0. The van der Waals surface area contributed by atoms with Gasteiger partial charge in [0.2, 0.25) is 0 Å². The van der Waals surface area contributed by atoms with Gasteiger partial charge in [0.25, 0.3) is 0 Å². The molecule has 0 radical (unpaired) electrons. The van der Waals surface area contributed by atoms with Gasteiger partial charge in [-0.25, -0.2) is 4.79 Å². The molecule has 2 rings (SSSR count). The molecule has 5 nitrogen and oxygen atoms in total. The maximum atomic E-state index is 11.6. The summed E-state index contributed by atoms with van der Waals surface area (Å²) in [5.74, 6) is -0.801. The van der Waals surface area contributed by atoms with Crippen LogP contribution in [0.25, 0.3) is 0 Å². The second kappa shape index (κ2) is 3.16. The van der Waals surface area contributed by atoms with Gasteiger partial charge in [0, 0.05) is 12.8 Å². The lowest BCUT2D eigenvalue weighted by Gasteiger charge is -2.34. The Bertz CT molecular complexity index is 278. The van der Waals surface area contributed by atoms with Gasteiger partial charge in [-0.05, 0) is 12.8 Å². The van der Waals surface area contributed by atoms with Gasteiger partial charge in [0.15, 0.2) is 12.4 Å². The molecular weight excluding hydrogens is 188 g/mol. The van der Waals surface area contributed by atoms with Crippen LogP contribution in [0.1, 0.15) is 25.7 Å². The van der Waals surface area contributed by atoms with Crippen LogP contribution in [0.4, 0.5) is 0 Å². The van der Waals surface area contributed by atoms with Crippen LogP contribution in [0.2, 0.25) is 0 Å². The Balaban J connectivity index is 2.23. The Labute approximate surface area is 80.3 Å². The highest BCUT2D eigenvalue weighted by Gasteiger charge is 2.52. The van der Waals surface area contributed by atoms with E-state index in [1.807, 2.05) is 0 Å². The van der Waals surface area contributed by atoms with Crippen molar-refractivity contribution in [3.63, 3.8) is 0 Å². The molecule has 1 heterocycles. The van der Waals surface area contributed by atoms with E-state index >= 15 is 0 Å². The molecule has 0 amide bonds. The van der Waals surface area contributed by atoms with E-state index in [1.54, 1.807) is 0 Å². The first-order valence-electron chi connectivity index (χ1n) is 4.54. The zero-order valence-corrected chi connectivity index (χ0v) is 7.58. The summed E-state index contributed by atoms with van der Waals surface area (Å²) in [6.45, 7) is -0.195. The topological polar surface area (TPSA) is 69.7 Å². The first kappa shape index (κ1) is 9.33. The van der Waals surface area contributed by atoms with Crippen molar-refractivity contribution in [2.24, 2.45) is 5.41 Å². The summed E-state index contributed by atoms with van der Waals surface area (Å²) < 4.78 is 0. The number of carbonyl (C=O) groups is 3. The summed E-state index contributed by atoms with van der Waals surface area (Å²) in [5, 5.41) is 0. The second-order valence-electron chi connectivity index (χ2n) is 3.68. The first-order chi connectivity index (χ1) is 6.65. The van der Waals surface area contributed by atoms with E-state index in [0.717, 1.165) is 0 Å². The van der Waals surface area contributed by atoms with Crippen molar-refractivity contribution in [1.82, 2.24) is 0 Å². The number of ketones is 2. The summed E-state index contributed by atoms with van der Waals surface area (Å²) in [7, 11) is 0. The smallest absolute Gasteiger partial charge is 0.300 e. The molecule has 76 valence electrons. The average molecular weight is 198 g/mol. The maximum absolute atomic E-state index is 11.6. The molecule has 0 bridgehead atoms. The van der Waals surface area contributed by atoms with Crippen LogP contribution in [0, 0.1) is 5.41 Å². The van der Waals surface area contributed by atoms with Gasteiger partial charge in [0.1, 0.15) is 11.2 Å². The van der Waals surface area contributed by atoms with E-state index in [9.17, 15) is 14.4 Å². The van der Waals surface area contributed by atoms with Crippen molar-refractivity contribution < 1.29 is 24.2 Å². The van der Waals surface area contributed by atoms with E-state index in [0.29, 0.717) is 0 Å². The minimum Gasteiger partial charge on any atom is -0.300 e. The minimum absolute atomic E-state index is 0.0997. The SMILES string of the molecule is O=C1CCC2(CC1)C(=O)COOC2=O. The molecule has 0 atom stereocenters. The molecule has 0 unspecified atom stereocenters. The Hall–Kier alpha value is -1.23. The van der Waals surface area contributed by atoms with Crippen molar-refractivity contribution in [3.05, 3.63) is 0 Å². The van der Waals surface area contributed by atoms with Crippen LogP contribution in [0.3, 0.4) is 0 Å². The van der Waals surface area contributed by atoms with Crippen molar-refractivity contribution in [3.8, 4) is 0 Å². The third-order valence-corrected chi connectivity index (χ3v) is 2.91. The minimum atomic E-state index is -1.09. The lowest BCUT2D eigenvalue weighted by atomic mass is 9.70. The van der Waals surface area contributed by atoms with Crippen LogP contribution < -0.4 is 0 Å². The van der Waals surface area contributed by atoms with E-state index in [-0.39, 0.29) is 43.9 Å². The van der Waals surface area contributed by atoms with Crippen LogP contribution in [0.15, 0.2) is 0 Å². The van der Waals surface area contributed by atoms with E-state index in [2.05, 4.69) is 9.78 Å². The predicted molar refractivity (Wildman–Crippen MR) is 43.0 cm³/mol. The van der Waals surface area contributed by atoms with Crippen LogP contribution in [-0.2, 0) is 24.2 Å². The van der Waals surface area contributed by atoms with E-state index < -0.39 is 11.4 Å². The highest BCUT2D eigenvalue weighted by atomic mass is 17.2.